The lowest BCUT2D eigenvalue weighted by atomic mass is 10.0. The third kappa shape index (κ3) is 5.93. The first kappa shape index (κ1) is 18.9. The van der Waals surface area contributed by atoms with Crippen LogP contribution in [0.4, 0.5) is 0 Å². The highest BCUT2D eigenvalue weighted by Crippen LogP contribution is 2.17. The Hall–Kier alpha value is -3.14. The molecule has 0 bridgehead atoms. The number of rotatable bonds is 7. The SMILES string of the molecule is CC(=O)N[C@H](CC(=O)OCC(=O)/C(C#N)=C(/C)N)c1ccccc1. The number of amides is 1. The van der Waals surface area contributed by atoms with Crippen molar-refractivity contribution in [3.8, 4) is 6.07 Å². The zero-order valence-corrected chi connectivity index (χ0v) is 13.5. The van der Waals surface area contributed by atoms with Crippen LogP contribution in [0.25, 0.3) is 0 Å². The highest BCUT2D eigenvalue weighted by molar-refractivity contribution is 6.01. The minimum absolute atomic E-state index is 0.0685. The van der Waals surface area contributed by atoms with E-state index < -0.39 is 24.4 Å². The van der Waals surface area contributed by atoms with E-state index in [1.54, 1.807) is 30.3 Å². The van der Waals surface area contributed by atoms with Crippen LogP contribution in [0, 0.1) is 11.3 Å². The number of nitriles is 1. The molecule has 0 aliphatic rings. The Morgan fingerprint density at radius 3 is 2.38 bits per heavy atom. The first-order chi connectivity index (χ1) is 11.3. The van der Waals surface area contributed by atoms with Crippen LogP contribution in [0.5, 0.6) is 0 Å². The van der Waals surface area contributed by atoms with Crippen LogP contribution in [-0.2, 0) is 19.1 Å². The first-order valence-corrected chi connectivity index (χ1v) is 7.22. The van der Waals surface area contributed by atoms with E-state index in [0.717, 1.165) is 5.56 Å². The molecule has 0 spiro atoms. The van der Waals surface area contributed by atoms with Gasteiger partial charge in [0.15, 0.2) is 6.61 Å². The fourth-order valence-electron chi connectivity index (χ4n) is 2.00. The van der Waals surface area contributed by atoms with Crippen LogP contribution in [0.1, 0.15) is 31.9 Å². The van der Waals surface area contributed by atoms with Gasteiger partial charge in [-0.2, -0.15) is 5.26 Å². The number of hydrogen-bond acceptors (Lipinski definition) is 6. The summed E-state index contributed by atoms with van der Waals surface area (Å²) in [4.78, 5) is 35.0. The number of esters is 1. The molecule has 0 aliphatic heterocycles. The van der Waals surface area contributed by atoms with E-state index in [-0.39, 0.29) is 23.6 Å². The smallest absolute Gasteiger partial charge is 0.308 e. The van der Waals surface area contributed by atoms with Crippen molar-refractivity contribution >= 4 is 17.7 Å². The molecule has 0 aliphatic carbocycles. The highest BCUT2D eigenvalue weighted by atomic mass is 16.5. The molecule has 0 saturated heterocycles. The lowest BCUT2D eigenvalue weighted by molar-refractivity contribution is -0.147. The Morgan fingerprint density at radius 2 is 1.88 bits per heavy atom. The number of Topliss-reactive ketones (excluding diaryl/α,β-unsaturated/α-hetero) is 1. The summed E-state index contributed by atoms with van der Waals surface area (Å²) >= 11 is 0. The highest BCUT2D eigenvalue weighted by Gasteiger charge is 2.20. The second-order valence-electron chi connectivity index (χ2n) is 5.12. The molecule has 0 aromatic heterocycles. The molecule has 0 heterocycles. The van der Waals surface area contributed by atoms with Crippen molar-refractivity contribution in [2.24, 2.45) is 5.73 Å². The van der Waals surface area contributed by atoms with Gasteiger partial charge in [-0.05, 0) is 12.5 Å². The van der Waals surface area contributed by atoms with Crippen LogP contribution >= 0.6 is 0 Å². The quantitative estimate of drug-likeness (QED) is 0.439. The molecule has 1 rings (SSSR count). The number of allylic oxidation sites excluding steroid dienone is 1. The maximum atomic E-state index is 11.9. The Labute approximate surface area is 140 Å². The standard InChI is InChI=1S/C17H19N3O4/c1-11(19)14(9-18)16(22)10-24-17(23)8-15(20-12(2)21)13-6-4-3-5-7-13/h3-7,15H,8,10,19H2,1-2H3,(H,20,21)/b14-11-/t15-/m1/s1. The van der Waals surface area contributed by atoms with Gasteiger partial charge in [0, 0.05) is 12.6 Å². The van der Waals surface area contributed by atoms with E-state index in [4.69, 9.17) is 15.7 Å². The summed E-state index contributed by atoms with van der Waals surface area (Å²) in [5.41, 5.74) is 5.99. The number of benzene rings is 1. The number of nitrogens with two attached hydrogens (primary N) is 1. The zero-order valence-electron chi connectivity index (χ0n) is 13.5. The lowest BCUT2D eigenvalue weighted by Gasteiger charge is -2.17. The molecule has 1 atom stereocenters. The van der Waals surface area contributed by atoms with Crippen LogP contribution in [0.3, 0.4) is 0 Å². The molecule has 0 saturated carbocycles. The summed E-state index contributed by atoms with van der Waals surface area (Å²) in [6.45, 7) is 2.19. The molecular weight excluding hydrogens is 310 g/mol. The summed E-state index contributed by atoms with van der Waals surface area (Å²) in [6.07, 6.45) is -0.135. The summed E-state index contributed by atoms with van der Waals surface area (Å²) in [5.74, 6) is -1.62. The first-order valence-electron chi connectivity index (χ1n) is 7.22. The molecule has 24 heavy (non-hydrogen) atoms. The number of nitrogens with zero attached hydrogens (tertiary/aromatic N) is 1. The van der Waals surface area contributed by atoms with E-state index in [1.807, 2.05) is 6.07 Å². The van der Waals surface area contributed by atoms with Crippen molar-refractivity contribution in [1.82, 2.24) is 5.32 Å². The van der Waals surface area contributed by atoms with Crippen molar-refractivity contribution in [3.63, 3.8) is 0 Å². The summed E-state index contributed by atoms with van der Waals surface area (Å²) < 4.78 is 4.89. The predicted octanol–water partition coefficient (Wildman–Crippen LogP) is 1.12. The molecule has 126 valence electrons. The molecule has 7 nitrogen and oxygen atoms in total. The van der Waals surface area contributed by atoms with E-state index >= 15 is 0 Å². The minimum Gasteiger partial charge on any atom is -0.457 e. The Balaban J connectivity index is 2.70. The number of ketones is 1. The van der Waals surface area contributed by atoms with Crippen molar-refractivity contribution in [2.45, 2.75) is 26.3 Å². The normalized spacial score (nSPS) is 12.4. The van der Waals surface area contributed by atoms with Crippen molar-refractivity contribution in [3.05, 3.63) is 47.2 Å². The molecular formula is C17H19N3O4. The van der Waals surface area contributed by atoms with Crippen LogP contribution in [0.15, 0.2) is 41.6 Å². The Kier molecular flexibility index (Phi) is 7.17. The fraction of sp³-hybridized carbons (Fsp3) is 0.294. The number of hydrogen-bond donors (Lipinski definition) is 2. The molecule has 1 aromatic rings. The van der Waals surface area contributed by atoms with Crippen molar-refractivity contribution in [1.29, 1.82) is 5.26 Å². The van der Waals surface area contributed by atoms with Crippen LogP contribution in [-0.4, -0.2) is 24.3 Å². The predicted molar refractivity (Wildman–Crippen MR) is 86.1 cm³/mol. The van der Waals surface area contributed by atoms with Gasteiger partial charge in [-0.1, -0.05) is 30.3 Å². The van der Waals surface area contributed by atoms with Crippen molar-refractivity contribution < 1.29 is 19.1 Å². The molecule has 1 aromatic carbocycles. The van der Waals surface area contributed by atoms with Gasteiger partial charge in [-0.3, -0.25) is 14.4 Å². The van der Waals surface area contributed by atoms with Crippen LogP contribution < -0.4 is 11.1 Å². The number of carbonyl (C=O) groups is 3. The van der Waals surface area contributed by atoms with Gasteiger partial charge in [-0.25, -0.2) is 0 Å². The molecule has 0 unspecified atom stereocenters. The Bertz CT molecular complexity index is 686. The Morgan fingerprint density at radius 1 is 1.25 bits per heavy atom. The van der Waals surface area contributed by atoms with Gasteiger partial charge in [0.1, 0.15) is 11.6 Å². The summed E-state index contributed by atoms with van der Waals surface area (Å²) in [6, 6.07) is 10.0. The molecule has 7 heteroatoms. The average molecular weight is 329 g/mol. The molecule has 1 amide bonds. The van der Waals surface area contributed by atoms with Gasteiger partial charge >= 0.3 is 5.97 Å². The van der Waals surface area contributed by atoms with E-state index in [9.17, 15) is 14.4 Å². The average Bonchev–Trinajstić information content (AvgIpc) is 2.53. The van der Waals surface area contributed by atoms with Gasteiger partial charge in [0.2, 0.25) is 11.7 Å². The minimum atomic E-state index is -0.669. The third-order valence-electron chi connectivity index (χ3n) is 3.10. The maximum absolute atomic E-state index is 11.9. The number of ether oxygens (including phenoxy) is 1. The summed E-state index contributed by atoms with van der Waals surface area (Å²) in [5, 5.41) is 11.5. The van der Waals surface area contributed by atoms with Gasteiger partial charge in [0.25, 0.3) is 0 Å². The molecule has 0 fully saturated rings. The van der Waals surface area contributed by atoms with Crippen molar-refractivity contribution in [2.75, 3.05) is 6.61 Å². The monoisotopic (exact) mass is 329 g/mol. The maximum Gasteiger partial charge on any atom is 0.308 e. The zero-order chi connectivity index (χ0) is 18.1. The third-order valence-corrected chi connectivity index (χ3v) is 3.10. The molecule has 0 radical (unpaired) electrons. The van der Waals surface area contributed by atoms with E-state index in [1.165, 1.54) is 13.8 Å². The van der Waals surface area contributed by atoms with Crippen LogP contribution in [0.2, 0.25) is 0 Å². The second kappa shape index (κ2) is 9.10. The van der Waals surface area contributed by atoms with E-state index in [0.29, 0.717) is 0 Å². The number of carbonyl (C=O) groups excluding carboxylic acids is 3. The topological polar surface area (TPSA) is 122 Å². The second-order valence-corrected chi connectivity index (χ2v) is 5.12. The number of nitrogens with one attached hydrogen (secondary N) is 1. The van der Waals surface area contributed by atoms with E-state index in [2.05, 4.69) is 5.32 Å². The molecule has 3 N–H and O–H groups in total. The van der Waals surface area contributed by atoms with Gasteiger partial charge in [-0.15, -0.1) is 0 Å². The fourth-order valence-corrected chi connectivity index (χ4v) is 2.00. The largest absolute Gasteiger partial charge is 0.457 e. The van der Waals surface area contributed by atoms with Gasteiger partial charge in [0.05, 0.1) is 12.5 Å². The van der Waals surface area contributed by atoms with Gasteiger partial charge < -0.3 is 15.8 Å². The summed E-state index contributed by atoms with van der Waals surface area (Å²) in [7, 11) is 0. The lowest BCUT2D eigenvalue weighted by Crippen LogP contribution is -2.29.